The zero-order valence-corrected chi connectivity index (χ0v) is 10.5. The molecule has 0 amide bonds. The van der Waals surface area contributed by atoms with Crippen LogP contribution in [0.4, 0.5) is 0 Å². The smallest absolute Gasteiger partial charge is 0.307 e. The molecule has 6 heteroatoms. The van der Waals surface area contributed by atoms with Gasteiger partial charge in [-0.15, -0.1) is 0 Å². The standard InChI is InChI=1S/C7H15Cl2O3P/c1-4-7(8,9)13(10,11-5-2)12-6-3/h4-6H2,1-3H3. The molecule has 0 aliphatic heterocycles. The molecule has 0 spiro atoms. The summed E-state index contributed by atoms with van der Waals surface area (Å²) in [6.07, 6.45) is 0.313. The number of rotatable bonds is 6. The molecule has 0 aliphatic rings. The minimum atomic E-state index is -3.39. The summed E-state index contributed by atoms with van der Waals surface area (Å²) in [5.41, 5.74) is 0. The predicted octanol–water partition coefficient (Wildman–Crippen LogP) is 3.79. The van der Waals surface area contributed by atoms with Crippen LogP contribution in [0.25, 0.3) is 0 Å². The van der Waals surface area contributed by atoms with Gasteiger partial charge in [0.25, 0.3) is 0 Å². The van der Waals surface area contributed by atoms with Crippen LogP contribution in [0.1, 0.15) is 27.2 Å². The normalized spacial score (nSPS) is 13.3. The minimum absolute atomic E-state index is 0.262. The van der Waals surface area contributed by atoms with E-state index in [0.717, 1.165) is 0 Å². The molecule has 0 aromatic rings. The lowest BCUT2D eigenvalue weighted by atomic mass is 10.6. The van der Waals surface area contributed by atoms with Crippen molar-refractivity contribution in [2.24, 2.45) is 0 Å². The summed E-state index contributed by atoms with van der Waals surface area (Å²) < 4.78 is 20.5. The highest BCUT2D eigenvalue weighted by molar-refractivity contribution is 7.60. The third-order valence-corrected chi connectivity index (χ3v) is 5.51. The Balaban J connectivity index is 4.67. The Kier molecular flexibility index (Phi) is 5.88. The van der Waals surface area contributed by atoms with E-state index in [9.17, 15) is 4.57 Å². The Morgan fingerprint density at radius 1 is 1.15 bits per heavy atom. The van der Waals surface area contributed by atoms with E-state index in [1.165, 1.54) is 0 Å². The second-order valence-electron chi connectivity index (χ2n) is 2.35. The van der Waals surface area contributed by atoms with Gasteiger partial charge in [0.15, 0.2) is 0 Å². The van der Waals surface area contributed by atoms with Gasteiger partial charge in [0, 0.05) is 0 Å². The molecule has 0 aliphatic carbocycles. The van der Waals surface area contributed by atoms with Crippen molar-refractivity contribution in [3.8, 4) is 0 Å². The van der Waals surface area contributed by atoms with E-state index in [-0.39, 0.29) is 13.2 Å². The van der Waals surface area contributed by atoms with Gasteiger partial charge < -0.3 is 9.05 Å². The summed E-state index contributed by atoms with van der Waals surface area (Å²) in [4.78, 5) is 0. The molecule has 13 heavy (non-hydrogen) atoms. The Morgan fingerprint density at radius 2 is 1.54 bits per heavy atom. The van der Waals surface area contributed by atoms with Gasteiger partial charge in [-0.1, -0.05) is 30.1 Å². The quantitative estimate of drug-likeness (QED) is 0.530. The predicted molar refractivity (Wildman–Crippen MR) is 55.6 cm³/mol. The number of hydrogen-bond donors (Lipinski definition) is 0. The van der Waals surface area contributed by atoms with Crippen molar-refractivity contribution in [1.82, 2.24) is 0 Å². The topological polar surface area (TPSA) is 35.5 Å². The molecule has 0 heterocycles. The van der Waals surface area contributed by atoms with Gasteiger partial charge in [-0.3, -0.25) is 4.57 Å². The lowest BCUT2D eigenvalue weighted by Gasteiger charge is -2.27. The van der Waals surface area contributed by atoms with E-state index in [2.05, 4.69) is 0 Å². The Labute approximate surface area is 89.2 Å². The third kappa shape index (κ3) is 3.41. The number of halogens is 2. The van der Waals surface area contributed by atoms with Gasteiger partial charge in [0.1, 0.15) is 0 Å². The Hall–Kier alpha value is 0.730. The molecule has 80 valence electrons. The minimum Gasteiger partial charge on any atom is -0.307 e. The van der Waals surface area contributed by atoms with Crippen molar-refractivity contribution in [2.75, 3.05) is 13.2 Å². The zero-order chi connectivity index (χ0) is 10.5. The maximum absolute atomic E-state index is 12.0. The number of hydrogen-bond acceptors (Lipinski definition) is 3. The average Bonchev–Trinajstić information content (AvgIpc) is 2.05. The Bertz CT molecular complexity index is 186. The molecule has 0 N–H and O–H groups in total. The van der Waals surface area contributed by atoms with Crippen molar-refractivity contribution < 1.29 is 13.6 Å². The van der Waals surface area contributed by atoms with Crippen LogP contribution in [0.15, 0.2) is 0 Å². The molecule has 0 fully saturated rings. The molecule has 0 rings (SSSR count). The van der Waals surface area contributed by atoms with Crippen molar-refractivity contribution in [1.29, 1.82) is 0 Å². The molecule has 0 saturated heterocycles. The molecule has 0 saturated carbocycles. The van der Waals surface area contributed by atoms with E-state index in [1.54, 1.807) is 20.8 Å². The fourth-order valence-electron chi connectivity index (χ4n) is 0.760. The first-order valence-corrected chi connectivity index (χ1v) is 6.50. The highest BCUT2D eigenvalue weighted by Crippen LogP contribution is 2.65. The molecule has 0 unspecified atom stereocenters. The third-order valence-electron chi connectivity index (χ3n) is 1.42. The van der Waals surface area contributed by atoms with Gasteiger partial charge in [0.2, 0.25) is 4.07 Å². The molecule has 0 aromatic heterocycles. The van der Waals surface area contributed by atoms with Gasteiger partial charge in [0.05, 0.1) is 13.2 Å². The second kappa shape index (κ2) is 5.57. The fraction of sp³-hybridized carbons (Fsp3) is 1.00. The van der Waals surface area contributed by atoms with Crippen LogP contribution in [0.2, 0.25) is 0 Å². The van der Waals surface area contributed by atoms with Crippen molar-refractivity contribution in [2.45, 2.75) is 31.3 Å². The lowest BCUT2D eigenvalue weighted by molar-refractivity contribution is 0.214. The van der Waals surface area contributed by atoms with Crippen LogP contribution in [0.5, 0.6) is 0 Å². The molecular weight excluding hydrogens is 234 g/mol. The molecule has 3 nitrogen and oxygen atoms in total. The van der Waals surface area contributed by atoms with Crippen LogP contribution in [-0.4, -0.2) is 17.3 Å². The van der Waals surface area contributed by atoms with Crippen LogP contribution < -0.4 is 0 Å². The first kappa shape index (κ1) is 13.7. The second-order valence-corrected chi connectivity index (χ2v) is 6.64. The van der Waals surface area contributed by atoms with Crippen molar-refractivity contribution in [3.63, 3.8) is 0 Å². The van der Waals surface area contributed by atoms with E-state index in [4.69, 9.17) is 32.2 Å². The first-order valence-electron chi connectivity index (χ1n) is 4.20. The van der Waals surface area contributed by atoms with Crippen LogP contribution in [0, 0.1) is 0 Å². The molecule has 0 atom stereocenters. The summed E-state index contributed by atoms with van der Waals surface area (Å²) in [5, 5.41) is 0. The summed E-state index contributed by atoms with van der Waals surface area (Å²) >= 11 is 11.7. The van der Waals surface area contributed by atoms with Gasteiger partial charge in [-0.05, 0) is 20.3 Å². The van der Waals surface area contributed by atoms with Gasteiger partial charge >= 0.3 is 7.60 Å². The number of alkyl halides is 2. The lowest BCUT2D eigenvalue weighted by Crippen LogP contribution is -2.16. The molecule has 0 aromatic carbocycles. The van der Waals surface area contributed by atoms with Gasteiger partial charge in [-0.25, -0.2) is 0 Å². The summed E-state index contributed by atoms with van der Waals surface area (Å²) in [6.45, 7) is 5.68. The average molecular weight is 249 g/mol. The zero-order valence-electron chi connectivity index (χ0n) is 8.05. The van der Waals surface area contributed by atoms with Gasteiger partial charge in [-0.2, -0.15) is 0 Å². The van der Waals surface area contributed by atoms with Crippen molar-refractivity contribution >= 4 is 30.8 Å². The largest absolute Gasteiger partial charge is 0.366 e. The SMILES string of the molecule is CCOP(=O)(OCC)C(Cl)(Cl)CC. The van der Waals surface area contributed by atoms with Crippen LogP contribution >= 0.6 is 30.8 Å². The molecular formula is C7H15Cl2O3P. The fourth-order valence-corrected chi connectivity index (χ4v) is 2.86. The summed E-state index contributed by atoms with van der Waals surface area (Å²) in [6, 6.07) is 0. The highest BCUT2D eigenvalue weighted by atomic mass is 35.5. The maximum Gasteiger partial charge on any atom is 0.366 e. The highest BCUT2D eigenvalue weighted by Gasteiger charge is 2.46. The van der Waals surface area contributed by atoms with Crippen LogP contribution in [-0.2, 0) is 13.6 Å². The van der Waals surface area contributed by atoms with E-state index >= 15 is 0 Å². The molecule has 0 radical (unpaired) electrons. The first-order chi connectivity index (χ1) is 5.93. The van der Waals surface area contributed by atoms with E-state index in [0.29, 0.717) is 6.42 Å². The Morgan fingerprint density at radius 3 is 1.77 bits per heavy atom. The van der Waals surface area contributed by atoms with E-state index < -0.39 is 11.7 Å². The van der Waals surface area contributed by atoms with Crippen LogP contribution in [0.3, 0.4) is 0 Å². The summed E-state index contributed by atoms with van der Waals surface area (Å²) in [5.74, 6) is 0. The monoisotopic (exact) mass is 248 g/mol. The summed E-state index contributed by atoms with van der Waals surface area (Å²) in [7, 11) is -3.39. The van der Waals surface area contributed by atoms with Crippen molar-refractivity contribution in [3.05, 3.63) is 0 Å². The maximum atomic E-state index is 12.0. The van der Waals surface area contributed by atoms with E-state index in [1.807, 2.05) is 0 Å². The molecule has 0 bridgehead atoms.